The second kappa shape index (κ2) is 5.15. The van der Waals surface area contributed by atoms with E-state index >= 15 is 0 Å². The predicted octanol–water partition coefficient (Wildman–Crippen LogP) is 3.06. The number of ether oxygens (including phenoxy) is 1. The maximum absolute atomic E-state index is 10.9. The van der Waals surface area contributed by atoms with Gasteiger partial charge in [0.1, 0.15) is 17.8 Å². The Labute approximate surface area is 121 Å². The van der Waals surface area contributed by atoms with E-state index in [4.69, 9.17) is 22.1 Å². The van der Waals surface area contributed by atoms with Crippen molar-refractivity contribution in [3.63, 3.8) is 0 Å². The van der Waals surface area contributed by atoms with Crippen molar-refractivity contribution in [1.82, 2.24) is 5.32 Å². The molecule has 0 radical (unpaired) electrons. The van der Waals surface area contributed by atoms with Crippen molar-refractivity contribution in [1.29, 1.82) is 0 Å². The smallest absolute Gasteiger partial charge is 0.146 e. The van der Waals surface area contributed by atoms with Crippen LogP contribution < -0.4 is 15.8 Å². The summed E-state index contributed by atoms with van der Waals surface area (Å²) in [6.07, 6.45) is 0.906. The molecule has 1 aliphatic heterocycles. The Bertz CT molecular complexity index is 673. The van der Waals surface area contributed by atoms with E-state index in [1.54, 1.807) is 18.2 Å². The maximum atomic E-state index is 10.9. The molecule has 2 aromatic carbocycles. The molecule has 1 unspecified atom stereocenters. The first-order valence-corrected chi connectivity index (χ1v) is 6.59. The first-order valence-electron chi connectivity index (χ1n) is 6.22. The molecule has 0 saturated heterocycles. The number of fused-ring (bicyclic) bond motifs is 1. The molecule has 1 atom stereocenters. The van der Waals surface area contributed by atoms with Gasteiger partial charge in [-0.25, -0.2) is 0 Å². The number of benzene rings is 2. The third kappa shape index (κ3) is 2.35. The van der Waals surface area contributed by atoms with Gasteiger partial charge < -0.3 is 15.3 Å². The van der Waals surface area contributed by atoms with Gasteiger partial charge in [0.05, 0.1) is 11.1 Å². The number of nitrogens with two attached hydrogens (primary N) is 1. The highest BCUT2D eigenvalue weighted by Crippen LogP contribution is 2.33. The summed E-state index contributed by atoms with van der Waals surface area (Å²) in [5, 5.41) is 3.58. The normalized spacial score (nSPS) is 16.8. The van der Waals surface area contributed by atoms with Crippen LogP contribution in [0.3, 0.4) is 0 Å². The minimum Gasteiger partial charge on any atom is -0.456 e. The average molecular weight is 289 g/mol. The Balaban J connectivity index is 1.87. The summed E-state index contributed by atoms with van der Waals surface area (Å²) < 4.78 is 5.75. The molecule has 2 aromatic rings. The lowest BCUT2D eigenvalue weighted by atomic mass is 10.1. The highest BCUT2D eigenvalue weighted by molar-refractivity contribution is 6.32. The number of hydrogen-bond donors (Lipinski definition) is 2. The zero-order chi connectivity index (χ0) is 14.1. The number of anilines is 1. The van der Waals surface area contributed by atoms with Crippen molar-refractivity contribution in [2.24, 2.45) is 0 Å². The van der Waals surface area contributed by atoms with Crippen LogP contribution in [-0.2, 0) is 11.3 Å². The molecule has 102 valence electrons. The molecular weight excluding hydrogens is 276 g/mol. The monoisotopic (exact) mass is 288 g/mol. The van der Waals surface area contributed by atoms with Crippen molar-refractivity contribution in [2.75, 3.05) is 5.73 Å². The highest BCUT2D eigenvalue weighted by atomic mass is 35.5. The topological polar surface area (TPSA) is 64.3 Å². The van der Waals surface area contributed by atoms with Crippen molar-refractivity contribution >= 4 is 23.6 Å². The van der Waals surface area contributed by atoms with Crippen LogP contribution in [0, 0.1) is 0 Å². The molecule has 1 heterocycles. The van der Waals surface area contributed by atoms with Crippen molar-refractivity contribution in [3.8, 4) is 11.5 Å². The fourth-order valence-electron chi connectivity index (χ4n) is 2.28. The SMILES string of the molecule is Nc1ccc(Oc2ccc3c(c2)CNC3C=O)c(Cl)c1. The number of aldehydes is 1. The van der Waals surface area contributed by atoms with Crippen molar-refractivity contribution in [3.05, 3.63) is 52.5 Å². The Morgan fingerprint density at radius 3 is 2.90 bits per heavy atom. The fourth-order valence-corrected chi connectivity index (χ4v) is 2.51. The molecule has 0 aliphatic carbocycles. The van der Waals surface area contributed by atoms with Gasteiger partial charge in [0.2, 0.25) is 0 Å². The molecule has 5 heteroatoms. The zero-order valence-electron chi connectivity index (χ0n) is 10.6. The number of hydrogen-bond acceptors (Lipinski definition) is 4. The quantitative estimate of drug-likeness (QED) is 0.673. The van der Waals surface area contributed by atoms with Crippen molar-refractivity contribution < 1.29 is 9.53 Å². The van der Waals surface area contributed by atoms with E-state index in [0.717, 1.165) is 17.4 Å². The predicted molar refractivity (Wildman–Crippen MR) is 78.0 cm³/mol. The molecular formula is C15H13ClN2O2. The molecule has 4 nitrogen and oxygen atoms in total. The lowest BCUT2D eigenvalue weighted by Crippen LogP contribution is -2.12. The molecule has 3 N–H and O–H groups in total. The number of carbonyl (C=O) groups is 1. The second-order valence-electron chi connectivity index (χ2n) is 4.65. The van der Waals surface area contributed by atoms with Gasteiger partial charge in [0.25, 0.3) is 0 Å². The summed E-state index contributed by atoms with van der Waals surface area (Å²) in [6, 6.07) is 10.5. The minimum atomic E-state index is -0.223. The van der Waals surface area contributed by atoms with E-state index < -0.39 is 0 Å². The number of carbonyl (C=O) groups excluding carboxylic acids is 1. The van der Waals surface area contributed by atoms with Crippen molar-refractivity contribution in [2.45, 2.75) is 12.6 Å². The van der Waals surface area contributed by atoms with Crippen LogP contribution >= 0.6 is 11.6 Å². The number of nitrogens with one attached hydrogen (secondary N) is 1. The van der Waals surface area contributed by atoms with Gasteiger partial charge in [-0.2, -0.15) is 0 Å². The first kappa shape index (κ1) is 13.0. The van der Waals surface area contributed by atoms with Gasteiger partial charge in [-0.3, -0.25) is 5.32 Å². The Hall–Kier alpha value is -2.04. The third-order valence-corrected chi connectivity index (χ3v) is 3.58. The Morgan fingerprint density at radius 1 is 1.30 bits per heavy atom. The largest absolute Gasteiger partial charge is 0.456 e. The van der Waals surface area contributed by atoms with E-state index in [-0.39, 0.29) is 6.04 Å². The Kier molecular flexibility index (Phi) is 3.34. The number of nitrogen functional groups attached to an aromatic ring is 1. The van der Waals surface area contributed by atoms with Crippen LogP contribution in [0.5, 0.6) is 11.5 Å². The zero-order valence-corrected chi connectivity index (χ0v) is 11.4. The fraction of sp³-hybridized carbons (Fsp3) is 0.133. The van der Waals surface area contributed by atoms with Gasteiger partial charge in [0, 0.05) is 12.2 Å². The van der Waals surface area contributed by atoms with Gasteiger partial charge in [0.15, 0.2) is 0 Å². The molecule has 0 saturated carbocycles. The molecule has 0 bridgehead atoms. The van der Waals surface area contributed by atoms with E-state index in [9.17, 15) is 4.79 Å². The van der Waals surface area contributed by atoms with Crippen LogP contribution in [0.2, 0.25) is 5.02 Å². The summed E-state index contributed by atoms with van der Waals surface area (Å²) in [6.45, 7) is 0.658. The number of rotatable bonds is 3. The Morgan fingerprint density at radius 2 is 2.15 bits per heavy atom. The third-order valence-electron chi connectivity index (χ3n) is 3.28. The lowest BCUT2D eigenvalue weighted by molar-refractivity contribution is -0.109. The summed E-state index contributed by atoms with van der Waals surface area (Å²) in [4.78, 5) is 10.9. The molecule has 0 amide bonds. The van der Waals surface area contributed by atoms with Crippen LogP contribution in [0.4, 0.5) is 5.69 Å². The summed E-state index contributed by atoms with van der Waals surface area (Å²) in [5.74, 6) is 1.24. The second-order valence-corrected chi connectivity index (χ2v) is 5.05. The molecule has 20 heavy (non-hydrogen) atoms. The summed E-state index contributed by atoms with van der Waals surface area (Å²) in [7, 11) is 0. The van der Waals surface area contributed by atoms with Gasteiger partial charge in [-0.15, -0.1) is 0 Å². The molecule has 0 aromatic heterocycles. The van der Waals surface area contributed by atoms with Gasteiger partial charge >= 0.3 is 0 Å². The minimum absolute atomic E-state index is 0.223. The average Bonchev–Trinajstić information content (AvgIpc) is 2.84. The molecule has 1 aliphatic rings. The lowest BCUT2D eigenvalue weighted by Gasteiger charge is -2.10. The molecule has 0 fully saturated rings. The highest BCUT2D eigenvalue weighted by Gasteiger charge is 2.21. The summed E-state index contributed by atoms with van der Waals surface area (Å²) in [5.41, 5.74) is 8.29. The molecule has 3 rings (SSSR count). The van der Waals surface area contributed by atoms with E-state index in [0.29, 0.717) is 28.8 Å². The van der Waals surface area contributed by atoms with Gasteiger partial charge in [-0.05, 0) is 41.5 Å². The van der Waals surface area contributed by atoms with E-state index in [1.807, 2.05) is 18.2 Å². The first-order chi connectivity index (χ1) is 9.67. The molecule has 0 spiro atoms. The van der Waals surface area contributed by atoms with E-state index in [2.05, 4.69) is 5.32 Å². The van der Waals surface area contributed by atoms with Crippen LogP contribution in [0.15, 0.2) is 36.4 Å². The van der Waals surface area contributed by atoms with Gasteiger partial charge in [-0.1, -0.05) is 17.7 Å². The van der Waals surface area contributed by atoms with E-state index in [1.165, 1.54) is 0 Å². The standard InChI is InChI=1S/C15H13ClN2O2/c16-13-6-10(17)1-4-15(13)20-11-2-3-12-9(5-11)7-18-14(12)8-19/h1-6,8,14,18H,7,17H2. The summed E-state index contributed by atoms with van der Waals surface area (Å²) >= 11 is 6.08. The van der Waals surface area contributed by atoms with Crippen LogP contribution in [0.1, 0.15) is 17.2 Å². The maximum Gasteiger partial charge on any atom is 0.146 e. The van der Waals surface area contributed by atoms with Crippen LogP contribution in [-0.4, -0.2) is 6.29 Å². The van der Waals surface area contributed by atoms with Crippen LogP contribution in [0.25, 0.3) is 0 Å². The number of halogens is 1.